The zero-order valence-corrected chi connectivity index (χ0v) is 13.3. The van der Waals surface area contributed by atoms with Gasteiger partial charge in [0, 0.05) is 6.04 Å². The van der Waals surface area contributed by atoms with E-state index >= 15 is 0 Å². The molecule has 2 fully saturated rings. The summed E-state index contributed by atoms with van der Waals surface area (Å²) in [7, 11) is 0. The van der Waals surface area contributed by atoms with E-state index in [9.17, 15) is 14.0 Å². The van der Waals surface area contributed by atoms with Crippen LogP contribution >= 0.6 is 0 Å². The first-order valence-corrected chi connectivity index (χ1v) is 8.25. The molecule has 1 N–H and O–H groups in total. The Morgan fingerprint density at radius 1 is 1.30 bits per heavy atom. The maximum absolute atomic E-state index is 13.5. The molecule has 4 nitrogen and oxygen atoms in total. The van der Waals surface area contributed by atoms with Gasteiger partial charge in [-0.25, -0.2) is 9.18 Å². The highest BCUT2D eigenvalue weighted by molar-refractivity contribution is 5.91. The van der Waals surface area contributed by atoms with Crippen LogP contribution in [0.2, 0.25) is 0 Å². The lowest BCUT2D eigenvalue weighted by atomic mass is 9.84. The second kappa shape index (κ2) is 6.69. The number of hydrogen-bond donors (Lipinski definition) is 1. The van der Waals surface area contributed by atoms with Gasteiger partial charge in [0.05, 0.1) is 5.56 Å². The molecule has 1 aromatic rings. The third kappa shape index (κ3) is 3.54. The molecule has 0 aromatic heterocycles. The number of carbonyl (C=O) groups is 2. The minimum atomic E-state index is -0.814. The Balaban J connectivity index is 1.46. The summed E-state index contributed by atoms with van der Waals surface area (Å²) in [5, 5.41) is 2.92. The van der Waals surface area contributed by atoms with Crippen molar-refractivity contribution in [1.29, 1.82) is 0 Å². The van der Waals surface area contributed by atoms with Crippen LogP contribution in [0.1, 0.15) is 43.0 Å². The van der Waals surface area contributed by atoms with E-state index in [2.05, 4.69) is 5.32 Å². The van der Waals surface area contributed by atoms with E-state index in [4.69, 9.17) is 4.74 Å². The Kier molecular flexibility index (Phi) is 4.64. The number of nitrogens with one attached hydrogen (secondary N) is 1. The topological polar surface area (TPSA) is 55.4 Å². The summed E-state index contributed by atoms with van der Waals surface area (Å²) in [6.45, 7) is 1.64. The normalized spacial score (nSPS) is 26.8. The van der Waals surface area contributed by atoms with Crippen molar-refractivity contribution in [1.82, 2.24) is 5.32 Å². The van der Waals surface area contributed by atoms with Crippen molar-refractivity contribution in [3.05, 3.63) is 35.6 Å². The van der Waals surface area contributed by atoms with Crippen LogP contribution < -0.4 is 5.32 Å². The lowest BCUT2D eigenvalue weighted by molar-refractivity contribution is -0.125. The molecule has 0 radical (unpaired) electrons. The number of benzene rings is 1. The van der Waals surface area contributed by atoms with Crippen LogP contribution in [0.25, 0.3) is 0 Å². The van der Waals surface area contributed by atoms with Crippen LogP contribution in [0, 0.1) is 23.6 Å². The average Bonchev–Trinajstić information content (AvgIpc) is 3.16. The third-order valence-corrected chi connectivity index (χ3v) is 5.25. The Labute approximate surface area is 135 Å². The molecule has 23 heavy (non-hydrogen) atoms. The maximum atomic E-state index is 13.5. The van der Waals surface area contributed by atoms with E-state index in [1.54, 1.807) is 6.07 Å². The number of carbonyl (C=O) groups excluding carboxylic acids is 2. The average molecular weight is 319 g/mol. The zero-order valence-electron chi connectivity index (χ0n) is 13.3. The van der Waals surface area contributed by atoms with Gasteiger partial charge in [0.15, 0.2) is 6.61 Å². The van der Waals surface area contributed by atoms with Crippen molar-refractivity contribution in [3.63, 3.8) is 0 Å². The Hall–Kier alpha value is -1.91. The fraction of sp³-hybridized carbons (Fsp3) is 0.556. The van der Waals surface area contributed by atoms with E-state index in [1.807, 2.05) is 6.92 Å². The van der Waals surface area contributed by atoms with Gasteiger partial charge in [-0.05, 0) is 56.1 Å². The number of halogens is 1. The van der Waals surface area contributed by atoms with Crippen molar-refractivity contribution >= 4 is 11.9 Å². The molecule has 0 spiro atoms. The minimum absolute atomic E-state index is 0.0879. The maximum Gasteiger partial charge on any atom is 0.341 e. The van der Waals surface area contributed by atoms with E-state index < -0.39 is 11.8 Å². The first-order chi connectivity index (χ1) is 11.0. The lowest BCUT2D eigenvalue weighted by Crippen LogP contribution is -2.42. The number of hydrogen-bond acceptors (Lipinski definition) is 3. The van der Waals surface area contributed by atoms with Gasteiger partial charge in [0.1, 0.15) is 5.82 Å². The molecular weight excluding hydrogens is 297 g/mol. The van der Waals surface area contributed by atoms with Crippen LogP contribution in [-0.2, 0) is 9.53 Å². The van der Waals surface area contributed by atoms with E-state index in [0.29, 0.717) is 5.92 Å². The van der Waals surface area contributed by atoms with Crippen LogP contribution in [0.3, 0.4) is 0 Å². The highest BCUT2D eigenvalue weighted by Gasteiger charge is 2.42. The monoisotopic (exact) mass is 319 g/mol. The zero-order chi connectivity index (χ0) is 16.4. The molecule has 3 rings (SSSR count). The highest BCUT2D eigenvalue weighted by atomic mass is 19.1. The fourth-order valence-corrected chi connectivity index (χ4v) is 4.14. The highest BCUT2D eigenvalue weighted by Crippen LogP contribution is 2.49. The van der Waals surface area contributed by atoms with Crippen LogP contribution in [0.5, 0.6) is 0 Å². The fourth-order valence-electron chi connectivity index (χ4n) is 4.14. The predicted octanol–water partition coefficient (Wildman–Crippen LogP) is 2.92. The number of rotatable bonds is 5. The van der Waals surface area contributed by atoms with Crippen molar-refractivity contribution in [2.24, 2.45) is 17.8 Å². The SMILES string of the molecule is C[C@@H](NC(=O)COC(=O)c1ccccc1F)[C@@H]1C[C@H]2CC[C@H]1C2. The number of fused-ring (bicyclic) bond motifs is 2. The standard InChI is InChI=1S/C18H22FNO3/c1-11(15-9-12-6-7-13(15)8-12)20-17(21)10-23-18(22)14-4-2-3-5-16(14)19/h2-5,11-13,15H,6-10H2,1H3,(H,20,21)/t11-,12+,13+,15+/m1/s1. The molecule has 2 bridgehead atoms. The summed E-state index contributed by atoms with van der Waals surface area (Å²) in [4.78, 5) is 23.7. The molecule has 0 heterocycles. The Bertz CT molecular complexity index is 604. The quantitative estimate of drug-likeness (QED) is 0.849. The van der Waals surface area contributed by atoms with Gasteiger partial charge in [-0.3, -0.25) is 4.79 Å². The summed E-state index contributed by atoms with van der Waals surface area (Å²) >= 11 is 0. The van der Waals surface area contributed by atoms with Crippen molar-refractivity contribution in [2.75, 3.05) is 6.61 Å². The number of ether oxygens (including phenoxy) is 1. The van der Waals surface area contributed by atoms with Crippen LogP contribution in [0.4, 0.5) is 4.39 Å². The van der Waals surface area contributed by atoms with E-state index in [1.165, 1.54) is 43.9 Å². The summed E-state index contributed by atoms with van der Waals surface area (Å²) in [6, 6.07) is 5.67. The molecule has 2 aliphatic carbocycles. The first kappa shape index (κ1) is 16.0. The Morgan fingerprint density at radius 3 is 2.74 bits per heavy atom. The molecule has 0 aliphatic heterocycles. The summed E-state index contributed by atoms with van der Waals surface area (Å²) in [5.41, 5.74) is -0.151. The van der Waals surface area contributed by atoms with Gasteiger partial charge in [0.25, 0.3) is 5.91 Å². The second-order valence-electron chi connectivity index (χ2n) is 6.75. The largest absolute Gasteiger partial charge is 0.452 e. The molecule has 0 saturated heterocycles. The molecule has 4 atom stereocenters. The van der Waals surface area contributed by atoms with Crippen molar-refractivity contribution in [3.8, 4) is 0 Å². The van der Waals surface area contributed by atoms with E-state index in [-0.39, 0.29) is 24.1 Å². The molecule has 1 aromatic carbocycles. The van der Waals surface area contributed by atoms with Gasteiger partial charge in [-0.15, -0.1) is 0 Å². The predicted molar refractivity (Wildman–Crippen MR) is 83.2 cm³/mol. The van der Waals surface area contributed by atoms with Crippen molar-refractivity contribution < 1.29 is 18.7 Å². The molecule has 0 unspecified atom stereocenters. The van der Waals surface area contributed by atoms with E-state index in [0.717, 1.165) is 11.8 Å². The third-order valence-electron chi connectivity index (χ3n) is 5.25. The van der Waals surface area contributed by atoms with Gasteiger partial charge in [-0.1, -0.05) is 18.6 Å². The molecule has 5 heteroatoms. The Morgan fingerprint density at radius 2 is 2.09 bits per heavy atom. The summed E-state index contributed by atoms with van der Waals surface area (Å²) in [5.74, 6) is 0.281. The molecule has 2 saturated carbocycles. The molecular formula is C18H22FNO3. The van der Waals surface area contributed by atoms with Gasteiger partial charge < -0.3 is 10.1 Å². The van der Waals surface area contributed by atoms with Crippen LogP contribution in [-0.4, -0.2) is 24.5 Å². The lowest BCUT2D eigenvalue weighted by Gasteiger charge is -2.28. The van der Waals surface area contributed by atoms with Crippen LogP contribution in [0.15, 0.2) is 24.3 Å². The van der Waals surface area contributed by atoms with Crippen molar-refractivity contribution in [2.45, 2.75) is 38.6 Å². The van der Waals surface area contributed by atoms with Gasteiger partial charge >= 0.3 is 5.97 Å². The molecule has 1 amide bonds. The summed E-state index contributed by atoms with van der Waals surface area (Å²) < 4.78 is 18.4. The smallest absolute Gasteiger partial charge is 0.341 e. The minimum Gasteiger partial charge on any atom is -0.452 e. The first-order valence-electron chi connectivity index (χ1n) is 8.25. The number of amides is 1. The molecule has 124 valence electrons. The van der Waals surface area contributed by atoms with Gasteiger partial charge in [0.2, 0.25) is 0 Å². The number of esters is 1. The summed E-state index contributed by atoms with van der Waals surface area (Å²) in [6.07, 6.45) is 5.05. The molecule has 2 aliphatic rings. The van der Waals surface area contributed by atoms with Gasteiger partial charge in [-0.2, -0.15) is 0 Å². The second-order valence-corrected chi connectivity index (χ2v) is 6.75.